The van der Waals surface area contributed by atoms with E-state index >= 15 is 0 Å². The van der Waals surface area contributed by atoms with Crippen molar-refractivity contribution in [3.63, 3.8) is 0 Å². The summed E-state index contributed by atoms with van der Waals surface area (Å²) in [6.45, 7) is 11.3. The lowest BCUT2D eigenvalue weighted by Gasteiger charge is -1.73. The zero-order chi connectivity index (χ0) is 15.8. The maximum atomic E-state index is 4.97. The second-order valence-electron chi connectivity index (χ2n) is 4.36. The summed E-state index contributed by atoms with van der Waals surface area (Å²) in [6, 6.07) is 0. The molecule has 0 aliphatic heterocycles. The highest BCUT2D eigenvalue weighted by Gasteiger charge is 1.90. The monoisotopic (exact) mass is 308 g/mol. The molecule has 0 radical (unpaired) electrons. The molecule has 0 saturated heterocycles. The summed E-state index contributed by atoms with van der Waals surface area (Å²) in [5, 5.41) is 6.73. The third-order valence-electron chi connectivity index (χ3n) is 2.10. The molecule has 0 spiro atoms. The van der Waals surface area contributed by atoms with Crippen LogP contribution in [0.1, 0.15) is 34.1 Å². The minimum absolute atomic E-state index is 0.623. The van der Waals surface area contributed by atoms with Crippen LogP contribution in [0.25, 0.3) is 0 Å². The summed E-state index contributed by atoms with van der Waals surface area (Å²) in [5.74, 6) is 2.92. The lowest BCUT2D eigenvalue weighted by molar-refractivity contribution is 0.389. The normalized spacial score (nSPS) is 9.43. The molecule has 3 rings (SSSR count). The summed E-state index contributed by atoms with van der Waals surface area (Å²) >= 11 is 1.69. The smallest absolute Gasteiger partial charge is 0.223 e. The van der Waals surface area contributed by atoms with Crippen molar-refractivity contribution >= 4 is 11.3 Å². The van der Waals surface area contributed by atoms with Crippen molar-refractivity contribution in [1.29, 1.82) is 0 Å². The van der Waals surface area contributed by atoms with Crippen LogP contribution in [0.15, 0.2) is 20.5 Å². The zero-order valence-electron chi connectivity index (χ0n) is 13.2. The molecule has 0 bridgehead atoms. The highest BCUT2D eigenvalue weighted by Crippen LogP contribution is 2.04. The summed E-state index contributed by atoms with van der Waals surface area (Å²) in [4.78, 5) is 11.8. The van der Waals surface area contributed by atoms with Gasteiger partial charge < -0.3 is 8.94 Å². The van der Waals surface area contributed by atoms with Gasteiger partial charge in [-0.2, -0.15) is 4.98 Å². The first-order valence-corrected chi connectivity index (χ1v) is 7.29. The molecule has 0 fully saturated rings. The summed E-state index contributed by atoms with van der Waals surface area (Å²) < 4.78 is 9.58. The van der Waals surface area contributed by atoms with E-state index < -0.39 is 0 Å². The SMILES string of the molecule is Cc1cnc(C)o1.Cc1csc(C)n1.Cc1noc(C)n1. The Morgan fingerprint density at radius 3 is 1.81 bits per heavy atom. The molecule has 0 unspecified atom stereocenters. The molecule has 0 N–H and O–H groups in total. The van der Waals surface area contributed by atoms with E-state index in [4.69, 9.17) is 4.42 Å². The molecule has 7 heteroatoms. The van der Waals surface area contributed by atoms with Gasteiger partial charge in [-0.1, -0.05) is 5.16 Å². The van der Waals surface area contributed by atoms with E-state index in [0.717, 1.165) is 22.4 Å². The van der Waals surface area contributed by atoms with Gasteiger partial charge in [0.25, 0.3) is 0 Å². The van der Waals surface area contributed by atoms with Gasteiger partial charge in [-0.05, 0) is 27.7 Å². The molecule has 0 saturated carbocycles. The van der Waals surface area contributed by atoms with Gasteiger partial charge in [0.2, 0.25) is 5.89 Å². The van der Waals surface area contributed by atoms with Crippen LogP contribution in [-0.4, -0.2) is 20.1 Å². The van der Waals surface area contributed by atoms with Crippen molar-refractivity contribution in [2.75, 3.05) is 0 Å². The predicted molar refractivity (Wildman–Crippen MR) is 81.3 cm³/mol. The lowest BCUT2D eigenvalue weighted by atomic mass is 10.6. The van der Waals surface area contributed by atoms with Crippen LogP contribution in [0.5, 0.6) is 0 Å². The maximum absolute atomic E-state index is 4.97. The van der Waals surface area contributed by atoms with Crippen molar-refractivity contribution < 1.29 is 8.94 Å². The van der Waals surface area contributed by atoms with Gasteiger partial charge in [-0.25, -0.2) is 9.97 Å². The topological polar surface area (TPSA) is 77.8 Å². The van der Waals surface area contributed by atoms with E-state index in [1.165, 1.54) is 0 Å². The number of nitrogens with zero attached hydrogens (tertiary/aromatic N) is 4. The van der Waals surface area contributed by atoms with Crippen LogP contribution in [0.3, 0.4) is 0 Å². The highest BCUT2D eigenvalue weighted by atomic mass is 32.1. The number of thiazole rings is 1. The van der Waals surface area contributed by atoms with Gasteiger partial charge >= 0.3 is 0 Å². The molecule has 0 atom stereocenters. The van der Waals surface area contributed by atoms with Gasteiger partial charge in [-0.3, -0.25) is 0 Å². The Morgan fingerprint density at radius 1 is 0.952 bits per heavy atom. The Hall–Kier alpha value is -2.02. The molecule has 0 aliphatic rings. The summed E-state index contributed by atoms with van der Waals surface area (Å²) in [5.41, 5.74) is 1.13. The van der Waals surface area contributed by atoms with Crippen LogP contribution >= 0.6 is 11.3 Å². The summed E-state index contributed by atoms with van der Waals surface area (Å²) in [7, 11) is 0. The third-order valence-corrected chi connectivity index (χ3v) is 2.99. The molecule has 3 heterocycles. The van der Waals surface area contributed by atoms with Gasteiger partial charge in [0, 0.05) is 24.9 Å². The molecule has 0 amide bonds. The van der Waals surface area contributed by atoms with Crippen LogP contribution < -0.4 is 0 Å². The van der Waals surface area contributed by atoms with E-state index in [1.807, 2.05) is 27.7 Å². The molecule has 0 aliphatic carbocycles. The van der Waals surface area contributed by atoms with Gasteiger partial charge in [-0.15, -0.1) is 11.3 Å². The molecule has 3 aromatic rings. The first kappa shape index (κ1) is 17.0. The second kappa shape index (κ2) is 8.31. The Bertz CT molecular complexity index is 517. The van der Waals surface area contributed by atoms with E-state index in [1.54, 1.807) is 31.4 Å². The molecule has 0 aromatic carbocycles. The van der Waals surface area contributed by atoms with E-state index in [-0.39, 0.29) is 0 Å². The first-order chi connectivity index (χ1) is 9.86. The fourth-order valence-electron chi connectivity index (χ4n) is 1.34. The number of hydrogen-bond acceptors (Lipinski definition) is 7. The average Bonchev–Trinajstić information content (AvgIpc) is 3.06. The number of aromatic nitrogens is 4. The molecular formula is C14H20N4O2S. The quantitative estimate of drug-likeness (QED) is 0.629. The first-order valence-electron chi connectivity index (χ1n) is 6.41. The minimum Gasteiger partial charge on any atom is -0.446 e. The molecule has 21 heavy (non-hydrogen) atoms. The highest BCUT2D eigenvalue weighted by molar-refractivity contribution is 7.09. The second-order valence-corrected chi connectivity index (χ2v) is 5.42. The van der Waals surface area contributed by atoms with Gasteiger partial charge in [0.1, 0.15) is 5.76 Å². The Balaban J connectivity index is 0.000000157. The minimum atomic E-state index is 0.623. The van der Waals surface area contributed by atoms with Crippen molar-refractivity contribution in [2.24, 2.45) is 0 Å². The van der Waals surface area contributed by atoms with Crippen molar-refractivity contribution in [3.8, 4) is 0 Å². The zero-order valence-corrected chi connectivity index (χ0v) is 14.0. The molecule has 6 nitrogen and oxygen atoms in total. The van der Waals surface area contributed by atoms with Gasteiger partial charge in [0.05, 0.1) is 11.2 Å². The molecule has 3 aromatic heterocycles. The largest absolute Gasteiger partial charge is 0.446 e. The number of aryl methyl sites for hydroxylation is 6. The third kappa shape index (κ3) is 7.36. The van der Waals surface area contributed by atoms with E-state index in [2.05, 4.69) is 30.0 Å². The Kier molecular flexibility index (Phi) is 6.74. The Labute approximate surface area is 128 Å². The molecule has 114 valence electrons. The fourth-order valence-corrected chi connectivity index (χ4v) is 1.93. The number of hydrogen-bond donors (Lipinski definition) is 0. The lowest BCUT2D eigenvalue weighted by Crippen LogP contribution is -1.70. The number of rotatable bonds is 0. The standard InChI is InChI=1S/C5H7NO.C5H7NS.C4H6N2O/c1-4-3-6-5(2)7-4;1-4-3-7-5(2)6-4;1-3-5-4(2)7-6-3/h2*3H,1-2H3;1-2H3. The predicted octanol–water partition coefficient (Wildman–Crippen LogP) is 3.74. The van der Waals surface area contributed by atoms with Crippen molar-refractivity contribution in [2.45, 2.75) is 41.5 Å². The number of oxazole rings is 1. The average molecular weight is 308 g/mol. The van der Waals surface area contributed by atoms with Gasteiger partial charge in [0.15, 0.2) is 11.7 Å². The van der Waals surface area contributed by atoms with Crippen LogP contribution in [0.4, 0.5) is 0 Å². The summed E-state index contributed by atoms with van der Waals surface area (Å²) in [6.07, 6.45) is 1.70. The fraction of sp³-hybridized carbons (Fsp3) is 0.429. The Morgan fingerprint density at radius 2 is 1.67 bits per heavy atom. The van der Waals surface area contributed by atoms with Crippen LogP contribution in [0, 0.1) is 41.5 Å². The molecular weight excluding hydrogens is 288 g/mol. The van der Waals surface area contributed by atoms with Crippen LogP contribution in [0.2, 0.25) is 0 Å². The van der Waals surface area contributed by atoms with Crippen molar-refractivity contribution in [3.05, 3.63) is 45.6 Å². The van der Waals surface area contributed by atoms with E-state index in [9.17, 15) is 0 Å². The maximum Gasteiger partial charge on any atom is 0.223 e. The van der Waals surface area contributed by atoms with Crippen LogP contribution in [-0.2, 0) is 0 Å². The van der Waals surface area contributed by atoms with E-state index in [0.29, 0.717) is 11.7 Å². The van der Waals surface area contributed by atoms with Crippen molar-refractivity contribution in [1.82, 2.24) is 20.1 Å².